The lowest BCUT2D eigenvalue weighted by Crippen LogP contribution is -2.41. The number of anilines is 1. The number of aromatic nitrogens is 1. The van der Waals surface area contributed by atoms with Crippen molar-refractivity contribution in [1.29, 1.82) is 0 Å². The maximum atomic E-state index is 13.1. The standard InChI is InChI=1S/C16H14Cl2N2O4S/c17-11-6-12(18)8-14(7-11)25(23,24)20(9-16(21)22)13-1-2-15-10(5-13)3-4-19-15/h1-7,14,19H,8-9H2,(H,21,22). The minimum atomic E-state index is -4.03. The number of halogens is 2. The fourth-order valence-corrected chi connectivity index (χ4v) is 5.21. The molecule has 0 amide bonds. The van der Waals surface area contributed by atoms with Crippen LogP contribution in [0.2, 0.25) is 0 Å². The van der Waals surface area contributed by atoms with Gasteiger partial charge in [0.05, 0.1) is 5.69 Å². The number of hydrogen-bond donors (Lipinski definition) is 2. The van der Waals surface area contributed by atoms with Gasteiger partial charge in [-0.05, 0) is 36.4 Å². The number of aliphatic carboxylic acids is 1. The molecule has 0 bridgehead atoms. The van der Waals surface area contributed by atoms with Crippen LogP contribution in [0, 0.1) is 0 Å². The van der Waals surface area contributed by atoms with E-state index < -0.39 is 27.8 Å². The number of rotatable bonds is 5. The molecule has 0 aliphatic heterocycles. The number of nitrogens with one attached hydrogen (secondary N) is 1. The normalized spacial score (nSPS) is 17.9. The van der Waals surface area contributed by atoms with E-state index in [9.17, 15) is 18.3 Å². The van der Waals surface area contributed by atoms with Gasteiger partial charge in [-0.2, -0.15) is 0 Å². The molecule has 1 atom stereocenters. The van der Waals surface area contributed by atoms with E-state index in [1.165, 1.54) is 12.2 Å². The third-order valence-corrected chi connectivity index (χ3v) is 6.35. The van der Waals surface area contributed by atoms with Gasteiger partial charge in [0.1, 0.15) is 11.8 Å². The van der Waals surface area contributed by atoms with Gasteiger partial charge in [-0.1, -0.05) is 23.2 Å². The molecule has 2 N–H and O–H groups in total. The Morgan fingerprint density at radius 2 is 2.08 bits per heavy atom. The zero-order chi connectivity index (χ0) is 18.2. The highest BCUT2D eigenvalue weighted by atomic mass is 35.5. The number of allylic oxidation sites excluding steroid dienone is 3. The quantitative estimate of drug-likeness (QED) is 0.804. The lowest BCUT2D eigenvalue weighted by Gasteiger charge is -2.28. The molecule has 0 saturated carbocycles. The number of carbonyl (C=O) groups is 1. The summed E-state index contributed by atoms with van der Waals surface area (Å²) >= 11 is 11.9. The van der Waals surface area contributed by atoms with Gasteiger partial charge in [0.25, 0.3) is 0 Å². The van der Waals surface area contributed by atoms with Gasteiger partial charge in [-0.15, -0.1) is 0 Å². The Kier molecular flexibility index (Phi) is 4.81. The zero-order valence-corrected chi connectivity index (χ0v) is 15.1. The van der Waals surface area contributed by atoms with E-state index in [0.29, 0.717) is 5.03 Å². The highest BCUT2D eigenvalue weighted by Crippen LogP contribution is 2.32. The molecule has 0 saturated heterocycles. The molecule has 25 heavy (non-hydrogen) atoms. The molecule has 6 nitrogen and oxygen atoms in total. The molecule has 132 valence electrons. The van der Waals surface area contributed by atoms with Crippen molar-refractivity contribution < 1.29 is 18.3 Å². The molecule has 0 radical (unpaired) electrons. The highest BCUT2D eigenvalue weighted by Gasteiger charge is 2.34. The number of sulfonamides is 1. The van der Waals surface area contributed by atoms with Crippen LogP contribution in [0.4, 0.5) is 5.69 Å². The number of aromatic amines is 1. The number of H-pyrrole nitrogens is 1. The van der Waals surface area contributed by atoms with Crippen molar-refractivity contribution in [3.05, 3.63) is 52.7 Å². The van der Waals surface area contributed by atoms with Crippen LogP contribution in [0.15, 0.2) is 52.7 Å². The Balaban J connectivity index is 2.05. The van der Waals surface area contributed by atoms with E-state index in [1.807, 2.05) is 0 Å². The van der Waals surface area contributed by atoms with Crippen LogP contribution in [0.3, 0.4) is 0 Å². The molecule has 1 aromatic heterocycles. The fourth-order valence-electron chi connectivity index (χ4n) is 2.69. The first-order valence-electron chi connectivity index (χ1n) is 7.31. The molecule has 1 aromatic carbocycles. The first-order valence-corrected chi connectivity index (χ1v) is 9.57. The molecule has 0 spiro atoms. The topological polar surface area (TPSA) is 90.5 Å². The van der Waals surface area contributed by atoms with Crippen molar-refractivity contribution in [2.24, 2.45) is 0 Å². The number of carboxylic acids is 1. The average Bonchev–Trinajstić information content (AvgIpc) is 2.98. The van der Waals surface area contributed by atoms with Gasteiger partial charge in [0, 0.05) is 33.6 Å². The van der Waals surface area contributed by atoms with Gasteiger partial charge in [-0.3, -0.25) is 9.10 Å². The summed E-state index contributed by atoms with van der Waals surface area (Å²) in [6.45, 7) is -0.693. The largest absolute Gasteiger partial charge is 0.480 e. The zero-order valence-electron chi connectivity index (χ0n) is 12.8. The summed E-state index contributed by atoms with van der Waals surface area (Å²) in [5, 5.41) is 9.45. The number of fused-ring (bicyclic) bond motifs is 1. The predicted octanol–water partition coefficient (Wildman–Crippen LogP) is 3.41. The van der Waals surface area contributed by atoms with E-state index in [-0.39, 0.29) is 17.1 Å². The van der Waals surface area contributed by atoms with Crippen molar-refractivity contribution >= 4 is 55.8 Å². The lowest BCUT2D eigenvalue weighted by molar-refractivity contribution is -0.135. The maximum absolute atomic E-state index is 13.1. The third-order valence-electron chi connectivity index (χ3n) is 3.83. The number of carboxylic acid groups (broad SMARTS) is 1. The molecule has 2 aromatic rings. The van der Waals surface area contributed by atoms with E-state index >= 15 is 0 Å². The number of benzene rings is 1. The van der Waals surface area contributed by atoms with Gasteiger partial charge in [-0.25, -0.2) is 8.42 Å². The van der Waals surface area contributed by atoms with Crippen molar-refractivity contribution in [1.82, 2.24) is 4.98 Å². The van der Waals surface area contributed by atoms with Crippen LogP contribution in [0.1, 0.15) is 6.42 Å². The van der Waals surface area contributed by atoms with Crippen LogP contribution < -0.4 is 4.31 Å². The van der Waals surface area contributed by atoms with Crippen molar-refractivity contribution in [3.63, 3.8) is 0 Å². The lowest BCUT2D eigenvalue weighted by atomic mass is 10.2. The monoisotopic (exact) mass is 400 g/mol. The second-order valence-corrected chi connectivity index (χ2v) is 8.58. The second-order valence-electron chi connectivity index (χ2n) is 5.58. The Morgan fingerprint density at radius 1 is 1.32 bits per heavy atom. The van der Waals surface area contributed by atoms with Gasteiger partial charge in [0.15, 0.2) is 0 Å². The minimum absolute atomic E-state index is 0.0443. The summed E-state index contributed by atoms with van der Waals surface area (Å²) in [5.74, 6) is -1.26. The number of nitrogens with zero attached hydrogens (tertiary/aromatic N) is 1. The van der Waals surface area contributed by atoms with Crippen LogP contribution in [-0.4, -0.2) is 36.3 Å². The first-order chi connectivity index (χ1) is 11.8. The molecule has 0 fully saturated rings. The molecular weight excluding hydrogens is 387 g/mol. The van der Waals surface area contributed by atoms with Crippen LogP contribution in [-0.2, 0) is 14.8 Å². The third kappa shape index (κ3) is 3.68. The summed E-state index contributed by atoms with van der Waals surface area (Å²) in [4.78, 5) is 14.3. The minimum Gasteiger partial charge on any atom is -0.480 e. The molecule has 9 heteroatoms. The van der Waals surface area contributed by atoms with Gasteiger partial charge >= 0.3 is 5.97 Å². The predicted molar refractivity (Wildman–Crippen MR) is 98.5 cm³/mol. The highest BCUT2D eigenvalue weighted by molar-refractivity contribution is 7.93. The molecule has 1 heterocycles. The SMILES string of the molecule is O=C(O)CN(c1ccc2[nH]ccc2c1)S(=O)(=O)C1C=C(Cl)C=C(Cl)C1. The van der Waals surface area contributed by atoms with E-state index in [4.69, 9.17) is 23.2 Å². The maximum Gasteiger partial charge on any atom is 0.324 e. The van der Waals surface area contributed by atoms with Gasteiger partial charge < -0.3 is 10.1 Å². The number of hydrogen-bond acceptors (Lipinski definition) is 3. The average molecular weight is 401 g/mol. The van der Waals surface area contributed by atoms with Crippen molar-refractivity contribution in [3.8, 4) is 0 Å². The van der Waals surface area contributed by atoms with Crippen LogP contribution in [0.25, 0.3) is 10.9 Å². The Bertz CT molecular complexity index is 994. The summed E-state index contributed by atoms with van der Waals surface area (Å²) in [5.41, 5.74) is 1.09. The van der Waals surface area contributed by atoms with Crippen LogP contribution >= 0.6 is 23.2 Å². The van der Waals surface area contributed by atoms with E-state index in [1.54, 1.807) is 30.5 Å². The molecule has 3 rings (SSSR count). The van der Waals surface area contributed by atoms with Crippen LogP contribution in [0.5, 0.6) is 0 Å². The fraction of sp³-hybridized carbons (Fsp3) is 0.188. The molecule has 1 aliphatic rings. The Labute approximate surface area is 154 Å². The van der Waals surface area contributed by atoms with E-state index in [0.717, 1.165) is 15.2 Å². The van der Waals surface area contributed by atoms with Crippen molar-refractivity contribution in [2.45, 2.75) is 11.7 Å². The van der Waals surface area contributed by atoms with E-state index in [2.05, 4.69) is 4.98 Å². The molecule has 1 unspecified atom stereocenters. The summed E-state index contributed by atoms with van der Waals surface area (Å²) in [6, 6.07) is 6.66. The smallest absolute Gasteiger partial charge is 0.324 e. The van der Waals surface area contributed by atoms with Crippen molar-refractivity contribution in [2.75, 3.05) is 10.8 Å². The summed E-state index contributed by atoms with van der Waals surface area (Å²) < 4.78 is 27.0. The summed E-state index contributed by atoms with van der Waals surface area (Å²) in [6.07, 6.45) is 4.61. The van der Waals surface area contributed by atoms with Gasteiger partial charge in [0.2, 0.25) is 10.0 Å². The molecular formula is C16H14Cl2N2O4S. The molecule has 1 aliphatic carbocycles. The first kappa shape index (κ1) is 17.8. The Morgan fingerprint density at radius 3 is 2.76 bits per heavy atom. The second kappa shape index (κ2) is 6.74. The Hall–Kier alpha value is -1.96. The summed E-state index contributed by atoms with van der Waals surface area (Å²) in [7, 11) is -4.03.